The summed E-state index contributed by atoms with van der Waals surface area (Å²) in [6.07, 6.45) is 2.25. The average molecular weight is 344 g/mol. The van der Waals surface area contributed by atoms with Gasteiger partial charge in [-0.25, -0.2) is 4.79 Å². The lowest BCUT2D eigenvalue weighted by molar-refractivity contribution is -0.120. The summed E-state index contributed by atoms with van der Waals surface area (Å²) in [7, 11) is 0. The molecule has 1 heterocycles. The molecule has 0 unspecified atom stereocenters. The van der Waals surface area contributed by atoms with Crippen LogP contribution in [0.1, 0.15) is 23.9 Å². The Morgan fingerprint density at radius 3 is 2.24 bits per heavy atom. The second kappa shape index (κ2) is 9.11. The van der Waals surface area contributed by atoms with Crippen LogP contribution < -0.4 is 21.3 Å². The maximum Gasteiger partial charge on any atom is 0.319 e. The van der Waals surface area contributed by atoms with Crippen molar-refractivity contribution in [3.63, 3.8) is 0 Å². The molecule has 0 bridgehead atoms. The first kappa shape index (κ1) is 18.1. The van der Waals surface area contributed by atoms with E-state index in [-0.39, 0.29) is 24.1 Å². The zero-order valence-electron chi connectivity index (χ0n) is 13.8. The van der Waals surface area contributed by atoms with Gasteiger partial charge in [0.2, 0.25) is 5.91 Å². The lowest BCUT2D eigenvalue weighted by Crippen LogP contribution is -2.39. The molecular formula is C17H20N4O4. The van der Waals surface area contributed by atoms with Crippen LogP contribution >= 0.6 is 0 Å². The van der Waals surface area contributed by atoms with Gasteiger partial charge in [-0.05, 0) is 42.8 Å². The number of benzene rings is 1. The van der Waals surface area contributed by atoms with Gasteiger partial charge in [-0.2, -0.15) is 0 Å². The number of nitrogens with one attached hydrogen (secondary N) is 4. The molecular weight excluding hydrogens is 324 g/mol. The minimum Gasteiger partial charge on any atom is -0.459 e. The van der Waals surface area contributed by atoms with Crippen LogP contribution in [0.5, 0.6) is 0 Å². The van der Waals surface area contributed by atoms with Gasteiger partial charge >= 0.3 is 6.03 Å². The SMILES string of the molecule is CCCNC(=O)CNC(=O)Nc1ccc(NC(=O)c2ccco2)cc1. The Kier molecular flexibility index (Phi) is 6.58. The Morgan fingerprint density at radius 2 is 1.64 bits per heavy atom. The van der Waals surface area contributed by atoms with Gasteiger partial charge < -0.3 is 25.7 Å². The molecule has 8 nitrogen and oxygen atoms in total. The van der Waals surface area contributed by atoms with Gasteiger partial charge in [0.15, 0.2) is 5.76 Å². The molecule has 0 atom stereocenters. The van der Waals surface area contributed by atoms with Crippen molar-refractivity contribution in [1.29, 1.82) is 0 Å². The first-order chi connectivity index (χ1) is 12.1. The second-order valence-corrected chi connectivity index (χ2v) is 5.17. The highest BCUT2D eigenvalue weighted by Gasteiger charge is 2.09. The highest BCUT2D eigenvalue weighted by molar-refractivity contribution is 6.02. The Labute approximate surface area is 145 Å². The van der Waals surface area contributed by atoms with Crippen LogP contribution in [0.2, 0.25) is 0 Å². The third kappa shape index (κ3) is 6.02. The molecule has 0 radical (unpaired) electrons. The predicted octanol–water partition coefficient (Wildman–Crippen LogP) is 2.18. The Hall–Kier alpha value is -3.29. The number of rotatable bonds is 7. The van der Waals surface area contributed by atoms with Crippen molar-refractivity contribution in [1.82, 2.24) is 10.6 Å². The molecule has 0 aliphatic carbocycles. The molecule has 4 amide bonds. The summed E-state index contributed by atoms with van der Waals surface area (Å²) < 4.78 is 5.00. The zero-order chi connectivity index (χ0) is 18.1. The minimum atomic E-state index is -0.487. The van der Waals surface area contributed by atoms with Crippen LogP contribution in [0.3, 0.4) is 0 Å². The minimum absolute atomic E-state index is 0.0941. The van der Waals surface area contributed by atoms with Crippen LogP contribution in [0.25, 0.3) is 0 Å². The fourth-order valence-electron chi connectivity index (χ4n) is 1.90. The summed E-state index contributed by atoms with van der Waals surface area (Å²) in [6, 6.07) is 9.26. The molecule has 4 N–H and O–H groups in total. The van der Waals surface area contributed by atoms with E-state index in [1.54, 1.807) is 36.4 Å². The van der Waals surface area contributed by atoms with Gasteiger partial charge in [-0.1, -0.05) is 6.92 Å². The first-order valence-electron chi connectivity index (χ1n) is 7.85. The summed E-state index contributed by atoms with van der Waals surface area (Å²) >= 11 is 0. The number of carbonyl (C=O) groups is 3. The average Bonchev–Trinajstić information content (AvgIpc) is 3.14. The van der Waals surface area contributed by atoms with Crippen molar-refractivity contribution in [2.24, 2.45) is 0 Å². The number of amides is 4. The standard InChI is InChI=1S/C17H20N4O4/c1-2-9-18-15(22)11-19-17(24)21-13-7-5-12(6-8-13)20-16(23)14-4-3-10-25-14/h3-8,10H,2,9,11H2,1H3,(H,18,22)(H,20,23)(H2,19,21,24). The van der Waals surface area contributed by atoms with E-state index in [4.69, 9.17) is 4.42 Å². The monoisotopic (exact) mass is 344 g/mol. The normalized spacial score (nSPS) is 9.96. The summed E-state index contributed by atoms with van der Waals surface area (Å²) in [5.74, 6) is -0.391. The molecule has 0 saturated heterocycles. The van der Waals surface area contributed by atoms with Gasteiger partial charge in [0.1, 0.15) is 0 Å². The lowest BCUT2D eigenvalue weighted by atomic mass is 10.2. The van der Waals surface area contributed by atoms with E-state index in [1.807, 2.05) is 6.92 Å². The van der Waals surface area contributed by atoms with Crippen LogP contribution in [-0.2, 0) is 4.79 Å². The first-order valence-corrected chi connectivity index (χ1v) is 7.85. The summed E-state index contributed by atoms with van der Waals surface area (Å²) in [6.45, 7) is 2.43. The van der Waals surface area contributed by atoms with Crippen LogP contribution in [0.4, 0.5) is 16.2 Å². The topological polar surface area (TPSA) is 112 Å². The molecule has 0 spiro atoms. The molecule has 0 aliphatic rings. The largest absolute Gasteiger partial charge is 0.459 e. The maximum absolute atomic E-state index is 11.8. The van der Waals surface area contributed by atoms with E-state index in [0.717, 1.165) is 6.42 Å². The zero-order valence-corrected chi connectivity index (χ0v) is 13.8. The molecule has 8 heteroatoms. The van der Waals surface area contributed by atoms with E-state index in [0.29, 0.717) is 17.9 Å². The summed E-state index contributed by atoms with van der Waals surface area (Å²) in [5.41, 5.74) is 1.09. The quantitative estimate of drug-likeness (QED) is 0.616. The van der Waals surface area contributed by atoms with E-state index in [1.165, 1.54) is 6.26 Å². The molecule has 1 aromatic carbocycles. The third-order valence-corrected chi connectivity index (χ3v) is 3.13. The van der Waals surface area contributed by atoms with Crippen molar-refractivity contribution in [3.05, 3.63) is 48.4 Å². The second-order valence-electron chi connectivity index (χ2n) is 5.17. The van der Waals surface area contributed by atoms with E-state index in [2.05, 4.69) is 21.3 Å². The number of furan rings is 1. The smallest absolute Gasteiger partial charge is 0.319 e. The van der Waals surface area contributed by atoms with Crippen LogP contribution in [0.15, 0.2) is 47.1 Å². The van der Waals surface area contributed by atoms with Gasteiger partial charge in [0.25, 0.3) is 5.91 Å². The van der Waals surface area contributed by atoms with Crippen molar-refractivity contribution in [2.75, 3.05) is 23.7 Å². The Bertz CT molecular complexity index is 711. The van der Waals surface area contributed by atoms with Crippen molar-refractivity contribution < 1.29 is 18.8 Å². The molecule has 2 rings (SSSR count). The number of carbonyl (C=O) groups excluding carboxylic acids is 3. The van der Waals surface area contributed by atoms with E-state index >= 15 is 0 Å². The van der Waals surface area contributed by atoms with Crippen LogP contribution in [-0.4, -0.2) is 30.9 Å². The summed E-state index contributed by atoms with van der Waals surface area (Å²) in [4.78, 5) is 35.0. The van der Waals surface area contributed by atoms with Gasteiger partial charge in [0, 0.05) is 17.9 Å². The third-order valence-electron chi connectivity index (χ3n) is 3.13. The highest BCUT2D eigenvalue weighted by Crippen LogP contribution is 2.14. The molecule has 25 heavy (non-hydrogen) atoms. The van der Waals surface area contributed by atoms with Gasteiger partial charge in [-0.15, -0.1) is 0 Å². The summed E-state index contributed by atoms with van der Waals surface area (Å²) in [5, 5.41) is 10.4. The molecule has 0 fully saturated rings. The van der Waals surface area contributed by atoms with Crippen molar-refractivity contribution in [3.8, 4) is 0 Å². The lowest BCUT2D eigenvalue weighted by Gasteiger charge is -2.09. The molecule has 1 aromatic heterocycles. The Morgan fingerprint density at radius 1 is 0.960 bits per heavy atom. The molecule has 0 saturated carbocycles. The van der Waals surface area contributed by atoms with Crippen molar-refractivity contribution >= 4 is 29.2 Å². The van der Waals surface area contributed by atoms with E-state index < -0.39 is 6.03 Å². The van der Waals surface area contributed by atoms with Gasteiger partial charge in [0.05, 0.1) is 12.8 Å². The fraction of sp³-hybridized carbons (Fsp3) is 0.235. The van der Waals surface area contributed by atoms with Crippen LogP contribution in [0, 0.1) is 0 Å². The highest BCUT2D eigenvalue weighted by atomic mass is 16.3. The number of anilines is 2. The molecule has 132 valence electrons. The van der Waals surface area contributed by atoms with Gasteiger partial charge in [-0.3, -0.25) is 9.59 Å². The predicted molar refractivity (Wildman–Crippen MR) is 93.4 cm³/mol. The Balaban J connectivity index is 1.78. The molecule has 0 aliphatic heterocycles. The van der Waals surface area contributed by atoms with Crippen molar-refractivity contribution in [2.45, 2.75) is 13.3 Å². The maximum atomic E-state index is 11.8. The number of urea groups is 1. The fourth-order valence-corrected chi connectivity index (χ4v) is 1.90. The molecule has 2 aromatic rings. The number of hydrogen-bond acceptors (Lipinski definition) is 4. The van der Waals surface area contributed by atoms with E-state index in [9.17, 15) is 14.4 Å². The number of hydrogen-bond donors (Lipinski definition) is 4.